The Morgan fingerprint density at radius 3 is 2.11 bits per heavy atom. The molecule has 1 aliphatic rings. The molecular formula is C21H28N3O11P. The Morgan fingerprint density at radius 1 is 1.03 bits per heavy atom. The molecule has 1 aromatic carbocycles. The zero-order chi connectivity index (χ0) is 26.9. The fourth-order valence-corrected chi connectivity index (χ4v) is 4.63. The van der Waals surface area contributed by atoms with Crippen LogP contribution in [0.25, 0.3) is 10.4 Å². The normalized spacial score (nSPS) is 25.0. The minimum Gasteiger partial charge on any atom is -0.461 e. The van der Waals surface area contributed by atoms with Gasteiger partial charge in [0.25, 0.3) is 0 Å². The van der Waals surface area contributed by atoms with Gasteiger partial charge in [-0.3, -0.25) is 18.9 Å². The highest BCUT2D eigenvalue weighted by molar-refractivity contribution is 7.52. The molecule has 1 N–H and O–H groups in total. The Kier molecular flexibility index (Phi) is 10.7. The van der Waals surface area contributed by atoms with Crippen LogP contribution in [0.1, 0.15) is 34.1 Å². The topological polar surface area (TPSA) is 193 Å². The van der Waals surface area contributed by atoms with Gasteiger partial charge in [0.1, 0.15) is 11.9 Å². The molecule has 0 saturated carbocycles. The van der Waals surface area contributed by atoms with E-state index in [4.69, 9.17) is 33.7 Å². The van der Waals surface area contributed by atoms with Gasteiger partial charge in [0, 0.05) is 31.4 Å². The van der Waals surface area contributed by atoms with Crippen LogP contribution in [0, 0.1) is 0 Å². The number of carbonyl (C=O) groups excluding carboxylic acids is 3. The van der Waals surface area contributed by atoms with Crippen molar-refractivity contribution in [3.63, 3.8) is 0 Å². The number of hydrogen-bond donors (Lipinski definition) is 1. The Balaban J connectivity index is 2.45. The zero-order valence-electron chi connectivity index (χ0n) is 20.1. The molecule has 1 aromatic rings. The number of ether oxygens (including phenoxy) is 5. The van der Waals surface area contributed by atoms with Gasteiger partial charge in [-0.1, -0.05) is 5.11 Å². The highest BCUT2D eigenvalue weighted by Crippen LogP contribution is 2.44. The van der Waals surface area contributed by atoms with E-state index >= 15 is 0 Å². The second-order valence-electron chi connectivity index (χ2n) is 7.63. The van der Waals surface area contributed by atoms with Crippen molar-refractivity contribution in [3.05, 3.63) is 34.7 Å². The summed E-state index contributed by atoms with van der Waals surface area (Å²) in [6, 6.07) is 5.85. The lowest BCUT2D eigenvalue weighted by molar-refractivity contribution is -0.283. The minimum atomic E-state index is -4.00. The van der Waals surface area contributed by atoms with Gasteiger partial charge in [-0.25, -0.2) is 0 Å². The third-order valence-corrected chi connectivity index (χ3v) is 6.26. The van der Waals surface area contributed by atoms with E-state index in [1.165, 1.54) is 24.3 Å². The molecule has 1 heterocycles. The average Bonchev–Trinajstić information content (AvgIpc) is 2.77. The molecule has 1 unspecified atom stereocenters. The van der Waals surface area contributed by atoms with Crippen molar-refractivity contribution in [1.82, 2.24) is 0 Å². The van der Waals surface area contributed by atoms with Crippen LogP contribution in [0.4, 0.5) is 5.69 Å². The molecule has 36 heavy (non-hydrogen) atoms. The van der Waals surface area contributed by atoms with Crippen LogP contribution in [0.2, 0.25) is 0 Å². The number of benzene rings is 1. The first-order valence-corrected chi connectivity index (χ1v) is 12.7. The van der Waals surface area contributed by atoms with Gasteiger partial charge < -0.3 is 33.1 Å². The molecule has 0 spiro atoms. The Labute approximate surface area is 206 Å². The number of azide groups is 1. The summed E-state index contributed by atoms with van der Waals surface area (Å²) in [6.07, 6.45) is -7.08. The van der Waals surface area contributed by atoms with Gasteiger partial charge in [-0.05, 0) is 43.1 Å². The van der Waals surface area contributed by atoms with Crippen LogP contribution in [-0.2, 0) is 42.4 Å². The third kappa shape index (κ3) is 8.81. The van der Waals surface area contributed by atoms with Crippen molar-refractivity contribution >= 4 is 31.2 Å². The maximum Gasteiger partial charge on any atom is 0.328 e. The van der Waals surface area contributed by atoms with Gasteiger partial charge in [0.05, 0.1) is 12.8 Å². The van der Waals surface area contributed by atoms with E-state index in [1.807, 2.05) is 0 Å². The molecule has 1 fully saturated rings. The summed E-state index contributed by atoms with van der Waals surface area (Å²) in [5.41, 5.74) is 8.87. The number of hydrogen-bond acceptors (Lipinski definition) is 11. The minimum absolute atomic E-state index is 0.00511. The lowest BCUT2D eigenvalue weighted by atomic mass is 9.96. The fraction of sp³-hybridized carbons (Fsp3) is 0.571. The van der Waals surface area contributed by atoms with E-state index < -0.39 is 56.2 Å². The molecule has 0 aliphatic carbocycles. The Morgan fingerprint density at radius 2 is 1.58 bits per heavy atom. The molecule has 6 atom stereocenters. The first kappa shape index (κ1) is 29.1. The molecule has 198 valence electrons. The highest BCUT2D eigenvalue weighted by atomic mass is 31.2. The lowest BCUT2D eigenvalue weighted by Gasteiger charge is -2.44. The largest absolute Gasteiger partial charge is 0.461 e. The number of nitrogens with zero attached hydrogens (tertiary/aromatic N) is 3. The third-order valence-electron chi connectivity index (χ3n) is 4.77. The Hall–Kier alpha value is -3.15. The number of esters is 3. The van der Waals surface area contributed by atoms with E-state index in [0.29, 0.717) is 5.69 Å². The standard InChI is InChI=1S/C21H28N3O11P/c1-5-30-36(28,29)11-10-17-18(31-12(2)25)19(32-13(3)26)20(33-14(4)27)21(35-17)34-16-8-6-15(7-9-16)23-24-22/h6-9,17-21H,5,10-11H2,1-4H3,(H,28,29)/t17-,18-,19+,20+,21+/m1/s1. The molecule has 14 nitrogen and oxygen atoms in total. The monoisotopic (exact) mass is 529 g/mol. The first-order chi connectivity index (χ1) is 17.0. The van der Waals surface area contributed by atoms with E-state index in [2.05, 4.69) is 10.0 Å². The van der Waals surface area contributed by atoms with Crippen molar-refractivity contribution in [2.24, 2.45) is 5.11 Å². The van der Waals surface area contributed by atoms with Gasteiger partial charge >= 0.3 is 25.5 Å². The fourth-order valence-electron chi connectivity index (χ4n) is 3.52. The Bertz CT molecular complexity index is 1030. The van der Waals surface area contributed by atoms with E-state index in [1.54, 1.807) is 6.92 Å². The average molecular weight is 529 g/mol. The SMILES string of the molecule is CCOP(=O)(O)CC[C@H]1O[C@H](Oc2ccc(N=[N+]=[N-])cc2)[C@@H](OC(C)=O)[C@@H](OC(C)=O)[C@@H]1OC(C)=O. The van der Waals surface area contributed by atoms with Crippen LogP contribution >= 0.6 is 7.60 Å². The molecule has 0 aromatic heterocycles. The molecule has 1 saturated heterocycles. The first-order valence-electron chi connectivity index (χ1n) is 10.9. The molecule has 0 bridgehead atoms. The lowest BCUT2D eigenvalue weighted by Crippen LogP contribution is -2.62. The molecule has 1 aliphatic heterocycles. The van der Waals surface area contributed by atoms with Crippen molar-refractivity contribution in [2.75, 3.05) is 12.8 Å². The summed E-state index contributed by atoms with van der Waals surface area (Å²) < 4.78 is 45.0. The number of rotatable bonds is 11. The summed E-state index contributed by atoms with van der Waals surface area (Å²) in [6.45, 7) is 4.90. The molecule has 2 rings (SSSR count). The summed E-state index contributed by atoms with van der Waals surface area (Å²) in [5.74, 6) is -2.07. The smallest absolute Gasteiger partial charge is 0.328 e. The predicted octanol–water partition coefficient (Wildman–Crippen LogP) is 3.14. The summed E-state index contributed by atoms with van der Waals surface area (Å²) >= 11 is 0. The van der Waals surface area contributed by atoms with Crippen LogP contribution in [0.3, 0.4) is 0 Å². The van der Waals surface area contributed by atoms with Gasteiger partial charge in [0.2, 0.25) is 12.4 Å². The quantitative estimate of drug-likeness (QED) is 0.110. The highest BCUT2D eigenvalue weighted by Gasteiger charge is 2.53. The van der Waals surface area contributed by atoms with Crippen molar-refractivity contribution in [1.29, 1.82) is 0 Å². The van der Waals surface area contributed by atoms with E-state index in [9.17, 15) is 23.8 Å². The van der Waals surface area contributed by atoms with Crippen molar-refractivity contribution in [2.45, 2.75) is 64.8 Å². The van der Waals surface area contributed by atoms with Gasteiger partial charge in [-0.15, -0.1) is 0 Å². The summed E-state index contributed by atoms with van der Waals surface area (Å²) in [7, 11) is -4.00. The van der Waals surface area contributed by atoms with Crippen molar-refractivity contribution in [3.8, 4) is 5.75 Å². The molecule has 15 heteroatoms. The predicted molar refractivity (Wildman–Crippen MR) is 122 cm³/mol. The summed E-state index contributed by atoms with van der Waals surface area (Å²) in [4.78, 5) is 48.4. The maximum absolute atomic E-state index is 12.3. The molecule has 0 amide bonds. The van der Waals surface area contributed by atoms with Crippen LogP contribution < -0.4 is 4.74 Å². The van der Waals surface area contributed by atoms with Gasteiger partial charge in [0.15, 0.2) is 12.2 Å². The molecule has 0 radical (unpaired) electrons. The van der Waals surface area contributed by atoms with Crippen LogP contribution in [-0.4, -0.2) is 66.3 Å². The zero-order valence-corrected chi connectivity index (χ0v) is 21.0. The second-order valence-corrected chi connectivity index (χ2v) is 9.61. The van der Waals surface area contributed by atoms with Crippen LogP contribution in [0.15, 0.2) is 29.4 Å². The summed E-state index contributed by atoms with van der Waals surface area (Å²) in [5, 5.41) is 3.46. The van der Waals surface area contributed by atoms with E-state index in [0.717, 1.165) is 20.8 Å². The van der Waals surface area contributed by atoms with Crippen molar-refractivity contribution < 1.29 is 52.1 Å². The van der Waals surface area contributed by atoms with Gasteiger partial charge in [-0.2, -0.15) is 0 Å². The van der Waals surface area contributed by atoms with Crippen LogP contribution in [0.5, 0.6) is 5.75 Å². The van der Waals surface area contributed by atoms with E-state index in [-0.39, 0.29) is 24.9 Å². The maximum atomic E-state index is 12.3. The number of carbonyl (C=O) groups is 3. The second kappa shape index (κ2) is 13.2. The molecular weight excluding hydrogens is 501 g/mol.